The highest BCUT2D eigenvalue weighted by Gasteiger charge is 2.17. The molecule has 1 aromatic carbocycles. The highest BCUT2D eigenvalue weighted by Crippen LogP contribution is 2.19. The topological polar surface area (TPSA) is 19.9 Å². The Balaban J connectivity index is 2.99. The molecular weight excluding hydrogens is 143 g/mol. The number of rotatable bonds is 1. The van der Waals surface area contributed by atoms with Crippen LogP contribution in [0.2, 0.25) is 0 Å². The molecule has 0 N–H and O–H groups in total. The smallest absolute Gasteiger partial charge is 0.123 e. The molecule has 2 heteroatoms. The van der Waals surface area contributed by atoms with Crippen molar-refractivity contribution in [2.24, 2.45) is 0 Å². The summed E-state index contributed by atoms with van der Waals surface area (Å²) in [6.07, 6.45) is 0. The molecule has 11 heavy (non-hydrogen) atoms. The Bertz CT molecular complexity index is 233. The second kappa shape index (κ2) is 2.62. The molecule has 0 aliphatic rings. The van der Waals surface area contributed by atoms with Gasteiger partial charge in [0, 0.05) is 0 Å². The molecule has 0 aliphatic heterocycles. The van der Waals surface area contributed by atoms with E-state index in [0.717, 1.165) is 0 Å². The number of benzene rings is 1. The van der Waals surface area contributed by atoms with E-state index in [2.05, 4.69) is 0 Å². The molecule has 0 unspecified atom stereocenters. The fourth-order valence-corrected chi connectivity index (χ4v) is 0.851. The Kier molecular flexibility index (Phi) is 1.96. The van der Waals surface area contributed by atoms with Crippen LogP contribution in [0, 0.1) is 5.82 Å². The summed E-state index contributed by atoms with van der Waals surface area (Å²) >= 11 is 0. The van der Waals surface area contributed by atoms with Crippen LogP contribution in [-0.2, 0) is 10.7 Å². The second-order valence-electron chi connectivity index (χ2n) is 3.02. The average molecular weight is 153 g/mol. The number of hydrogen-bond acceptors (Lipinski definition) is 0. The summed E-state index contributed by atoms with van der Waals surface area (Å²) in [6, 6.07) is 5.63. The highest BCUT2D eigenvalue weighted by molar-refractivity contribution is 5.21. The second-order valence-corrected chi connectivity index (χ2v) is 3.02. The van der Waals surface area contributed by atoms with Crippen LogP contribution in [-0.4, -0.2) is 0 Å². The van der Waals surface area contributed by atoms with Crippen molar-refractivity contribution in [2.75, 3.05) is 0 Å². The van der Waals surface area contributed by atoms with Crippen LogP contribution in [0.4, 0.5) is 4.39 Å². The van der Waals surface area contributed by atoms with Gasteiger partial charge in [-0.2, -0.15) is 0 Å². The standard InChI is InChI=1S/C9H10FO/c1-9(2,11)7-3-5-8(10)6-4-7/h3-6H,1-2H3. The normalized spacial score (nSPS) is 11.6. The van der Waals surface area contributed by atoms with Crippen molar-refractivity contribution in [3.05, 3.63) is 35.6 Å². The van der Waals surface area contributed by atoms with Crippen LogP contribution < -0.4 is 0 Å². The third-order valence-electron chi connectivity index (χ3n) is 1.54. The molecule has 0 bridgehead atoms. The van der Waals surface area contributed by atoms with E-state index >= 15 is 0 Å². The van der Waals surface area contributed by atoms with Crippen molar-refractivity contribution in [1.82, 2.24) is 0 Å². The van der Waals surface area contributed by atoms with Crippen LogP contribution in [0.3, 0.4) is 0 Å². The summed E-state index contributed by atoms with van der Waals surface area (Å²) in [4.78, 5) is 0. The zero-order valence-corrected chi connectivity index (χ0v) is 6.60. The monoisotopic (exact) mass is 153 g/mol. The van der Waals surface area contributed by atoms with Gasteiger partial charge in [-0.25, -0.2) is 9.50 Å². The molecule has 1 aromatic rings. The molecule has 1 rings (SSSR count). The van der Waals surface area contributed by atoms with Crippen LogP contribution in [0.1, 0.15) is 19.4 Å². The van der Waals surface area contributed by atoms with Crippen LogP contribution >= 0.6 is 0 Å². The molecule has 59 valence electrons. The third kappa shape index (κ3) is 2.02. The first-order valence-corrected chi connectivity index (χ1v) is 3.46. The summed E-state index contributed by atoms with van der Waals surface area (Å²) in [5.41, 5.74) is -0.521. The van der Waals surface area contributed by atoms with E-state index in [0.29, 0.717) is 5.56 Å². The van der Waals surface area contributed by atoms with Gasteiger partial charge in [0.1, 0.15) is 11.4 Å². The number of halogens is 1. The molecule has 1 radical (unpaired) electrons. The van der Waals surface area contributed by atoms with Crippen LogP contribution in [0.15, 0.2) is 24.3 Å². The lowest BCUT2D eigenvalue weighted by molar-refractivity contribution is -0.000143. The molecule has 0 saturated carbocycles. The fraction of sp³-hybridized carbons (Fsp3) is 0.333. The van der Waals surface area contributed by atoms with E-state index < -0.39 is 5.60 Å². The maximum atomic E-state index is 12.4. The lowest BCUT2D eigenvalue weighted by atomic mass is 9.99. The van der Waals surface area contributed by atoms with Crippen molar-refractivity contribution < 1.29 is 9.50 Å². The summed E-state index contributed by atoms with van der Waals surface area (Å²) in [5.74, 6) is -0.307. The van der Waals surface area contributed by atoms with Crippen LogP contribution in [0.25, 0.3) is 0 Å². The summed E-state index contributed by atoms with van der Waals surface area (Å²) in [7, 11) is 0. The maximum absolute atomic E-state index is 12.4. The molecule has 0 spiro atoms. The van der Waals surface area contributed by atoms with Gasteiger partial charge in [0.2, 0.25) is 0 Å². The number of hydrogen-bond donors (Lipinski definition) is 0. The Morgan fingerprint density at radius 3 is 2.00 bits per heavy atom. The minimum absolute atomic E-state index is 0.307. The summed E-state index contributed by atoms with van der Waals surface area (Å²) < 4.78 is 12.4. The van der Waals surface area contributed by atoms with Gasteiger partial charge < -0.3 is 0 Å². The van der Waals surface area contributed by atoms with E-state index in [9.17, 15) is 9.50 Å². The third-order valence-corrected chi connectivity index (χ3v) is 1.54. The van der Waals surface area contributed by atoms with Gasteiger partial charge in [0.25, 0.3) is 0 Å². The highest BCUT2D eigenvalue weighted by atomic mass is 19.1. The minimum Gasteiger partial charge on any atom is -0.225 e. The minimum atomic E-state index is -1.13. The van der Waals surface area contributed by atoms with Crippen molar-refractivity contribution in [3.8, 4) is 0 Å². The van der Waals surface area contributed by atoms with Gasteiger partial charge in [0.05, 0.1) is 0 Å². The zero-order valence-electron chi connectivity index (χ0n) is 6.60. The molecule has 0 aromatic heterocycles. The maximum Gasteiger partial charge on any atom is 0.123 e. The van der Waals surface area contributed by atoms with Gasteiger partial charge in [-0.15, -0.1) is 0 Å². The first-order chi connectivity index (χ1) is 5.00. The van der Waals surface area contributed by atoms with Crippen molar-refractivity contribution in [1.29, 1.82) is 0 Å². The van der Waals surface area contributed by atoms with Crippen molar-refractivity contribution >= 4 is 0 Å². The largest absolute Gasteiger partial charge is 0.225 e. The average Bonchev–Trinajstić information content (AvgIpc) is 1.86. The van der Waals surface area contributed by atoms with E-state index in [1.807, 2.05) is 0 Å². The molecule has 0 aliphatic carbocycles. The molecule has 1 nitrogen and oxygen atoms in total. The Morgan fingerprint density at radius 2 is 1.64 bits per heavy atom. The zero-order chi connectivity index (χ0) is 8.48. The Morgan fingerprint density at radius 1 is 1.18 bits per heavy atom. The quantitative estimate of drug-likeness (QED) is 0.590. The first kappa shape index (κ1) is 8.21. The van der Waals surface area contributed by atoms with Crippen molar-refractivity contribution in [3.63, 3.8) is 0 Å². The van der Waals surface area contributed by atoms with Crippen LogP contribution in [0.5, 0.6) is 0 Å². The predicted octanol–water partition coefficient (Wildman–Crippen LogP) is 2.49. The van der Waals surface area contributed by atoms with Gasteiger partial charge in [-0.1, -0.05) is 12.1 Å². The summed E-state index contributed by atoms with van der Waals surface area (Å²) in [5, 5.41) is 11.3. The molecule has 0 atom stereocenters. The van der Waals surface area contributed by atoms with Gasteiger partial charge in [-0.05, 0) is 31.5 Å². The Labute approximate surface area is 65.5 Å². The first-order valence-electron chi connectivity index (χ1n) is 3.46. The van der Waals surface area contributed by atoms with E-state index in [-0.39, 0.29) is 5.82 Å². The molecule has 0 heterocycles. The molecule has 0 fully saturated rings. The molecule has 0 saturated heterocycles. The van der Waals surface area contributed by atoms with Gasteiger partial charge in [0.15, 0.2) is 0 Å². The van der Waals surface area contributed by atoms with E-state index in [4.69, 9.17) is 0 Å². The van der Waals surface area contributed by atoms with Gasteiger partial charge in [-0.3, -0.25) is 0 Å². The fourth-order valence-electron chi connectivity index (χ4n) is 0.851. The molecule has 0 amide bonds. The van der Waals surface area contributed by atoms with E-state index in [1.165, 1.54) is 24.3 Å². The SMILES string of the molecule is CC(C)([O])c1ccc(F)cc1. The summed E-state index contributed by atoms with van der Waals surface area (Å²) in [6.45, 7) is 3.11. The Hall–Kier alpha value is -0.890. The van der Waals surface area contributed by atoms with E-state index in [1.54, 1.807) is 13.8 Å². The lowest BCUT2D eigenvalue weighted by Gasteiger charge is -2.13. The predicted molar refractivity (Wildman–Crippen MR) is 40.1 cm³/mol. The molecular formula is C9H10FO. The van der Waals surface area contributed by atoms with Crippen molar-refractivity contribution in [2.45, 2.75) is 19.4 Å². The lowest BCUT2D eigenvalue weighted by Crippen LogP contribution is -2.12. The van der Waals surface area contributed by atoms with Gasteiger partial charge >= 0.3 is 0 Å².